The van der Waals surface area contributed by atoms with E-state index in [0.29, 0.717) is 23.7 Å². The number of hydrogen-bond acceptors (Lipinski definition) is 3. The number of allylic oxidation sites excluding steroid dienone is 1. The lowest BCUT2D eigenvalue weighted by molar-refractivity contribution is -0.187. The number of fused-ring (bicyclic) bond motifs is 3. The Morgan fingerprint density at radius 3 is 2.18 bits per heavy atom. The lowest BCUT2D eigenvalue weighted by Gasteiger charge is -2.66. The van der Waals surface area contributed by atoms with E-state index in [4.69, 9.17) is 4.74 Å². The lowest BCUT2D eigenvalue weighted by Crippen LogP contribution is -2.60. The molecular formula is C30H50O4. The van der Waals surface area contributed by atoms with Crippen LogP contribution in [-0.4, -0.2) is 33.5 Å². The van der Waals surface area contributed by atoms with E-state index in [-0.39, 0.29) is 34.4 Å². The smallest absolute Gasteiger partial charge is 0.303 e. The Bertz CT molecular complexity index is 828. The molecule has 1 saturated heterocycles. The van der Waals surface area contributed by atoms with Crippen molar-refractivity contribution < 1.29 is 19.7 Å². The van der Waals surface area contributed by atoms with Crippen LogP contribution < -0.4 is 0 Å². The molecule has 4 nitrogen and oxygen atoms in total. The average Bonchev–Trinajstić information content (AvgIpc) is 3.29. The SMILES string of the molecule is C=C(C)C1CC[C@]2(C)C(CCC3[C@@H]([C@]4(C)CC[C@H](C(C)(C)O)O4)CC[C@]32C)[C@@]1(C)CCC(=O)O. The van der Waals surface area contributed by atoms with E-state index in [1.807, 2.05) is 13.8 Å². The Labute approximate surface area is 207 Å². The minimum Gasteiger partial charge on any atom is -0.481 e. The summed E-state index contributed by atoms with van der Waals surface area (Å²) in [6, 6.07) is 0. The van der Waals surface area contributed by atoms with E-state index < -0.39 is 11.6 Å². The summed E-state index contributed by atoms with van der Waals surface area (Å²) in [5.74, 6) is 1.42. The Morgan fingerprint density at radius 1 is 0.971 bits per heavy atom. The third-order valence-electron chi connectivity index (χ3n) is 12.0. The molecule has 0 aromatic rings. The van der Waals surface area contributed by atoms with Gasteiger partial charge in [0.25, 0.3) is 0 Å². The molecule has 4 heteroatoms. The fourth-order valence-corrected chi connectivity index (χ4v) is 10.0. The maximum absolute atomic E-state index is 11.6. The van der Waals surface area contributed by atoms with Crippen LogP contribution in [0, 0.1) is 39.9 Å². The van der Waals surface area contributed by atoms with Gasteiger partial charge in [-0.1, -0.05) is 32.9 Å². The van der Waals surface area contributed by atoms with Crippen molar-refractivity contribution in [3.63, 3.8) is 0 Å². The van der Waals surface area contributed by atoms with Crippen LogP contribution in [0.3, 0.4) is 0 Å². The van der Waals surface area contributed by atoms with Crippen molar-refractivity contribution in [2.45, 2.75) is 130 Å². The topological polar surface area (TPSA) is 66.8 Å². The summed E-state index contributed by atoms with van der Waals surface area (Å²) in [5, 5.41) is 20.2. The fourth-order valence-electron chi connectivity index (χ4n) is 10.0. The molecule has 4 rings (SSSR count). The van der Waals surface area contributed by atoms with E-state index in [9.17, 15) is 15.0 Å². The summed E-state index contributed by atoms with van der Waals surface area (Å²) in [7, 11) is 0. The van der Waals surface area contributed by atoms with Crippen molar-refractivity contribution in [1.29, 1.82) is 0 Å². The van der Waals surface area contributed by atoms with E-state index in [2.05, 4.69) is 41.2 Å². The third-order valence-corrected chi connectivity index (χ3v) is 12.0. The van der Waals surface area contributed by atoms with Crippen LogP contribution in [0.5, 0.6) is 0 Å². The maximum atomic E-state index is 11.6. The van der Waals surface area contributed by atoms with Gasteiger partial charge in [-0.05, 0) is 125 Å². The van der Waals surface area contributed by atoms with Gasteiger partial charge in [0.15, 0.2) is 0 Å². The number of rotatable bonds is 6. The molecular weight excluding hydrogens is 424 g/mol. The Morgan fingerprint density at radius 2 is 1.62 bits per heavy atom. The van der Waals surface area contributed by atoms with Gasteiger partial charge in [0.05, 0.1) is 17.3 Å². The molecule has 3 aliphatic carbocycles. The second-order valence-corrected chi connectivity index (χ2v) is 14.2. The quantitative estimate of drug-likeness (QED) is 0.407. The van der Waals surface area contributed by atoms with Crippen LogP contribution in [0.2, 0.25) is 0 Å². The summed E-state index contributed by atoms with van der Waals surface area (Å²) in [5.41, 5.74) is 0.714. The maximum Gasteiger partial charge on any atom is 0.303 e. The first-order valence-electron chi connectivity index (χ1n) is 13.9. The molecule has 34 heavy (non-hydrogen) atoms. The molecule has 3 saturated carbocycles. The van der Waals surface area contributed by atoms with Crippen molar-refractivity contribution in [2.75, 3.05) is 0 Å². The zero-order valence-corrected chi connectivity index (χ0v) is 22.9. The monoisotopic (exact) mass is 474 g/mol. The number of hydrogen-bond donors (Lipinski definition) is 2. The Hall–Kier alpha value is -0.870. The number of carboxylic acids is 1. The molecule has 0 amide bonds. The first kappa shape index (κ1) is 26.2. The second kappa shape index (κ2) is 8.33. The van der Waals surface area contributed by atoms with E-state index in [1.54, 1.807) is 0 Å². The van der Waals surface area contributed by atoms with Crippen molar-refractivity contribution in [3.8, 4) is 0 Å². The minimum atomic E-state index is -0.795. The van der Waals surface area contributed by atoms with Crippen LogP contribution in [0.4, 0.5) is 0 Å². The van der Waals surface area contributed by atoms with Gasteiger partial charge in [0, 0.05) is 6.42 Å². The molecule has 0 bridgehead atoms. The van der Waals surface area contributed by atoms with Crippen LogP contribution in [0.25, 0.3) is 0 Å². The van der Waals surface area contributed by atoms with Crippen LogP contribution in [-0.2, 0) is 9.53 Å². The molecule has 4 aliphatic rings. The number of ether oxygens (including phenoxy) is 1. The lowest BCUT2D eigenvalue weighted by atomic mass is 9.38. The highest BCUT2D eigenvalue weighted by Crippen LogP contribution is 2.74. The van der Waals surface area contributed by atoms with Crippen molar-refractivity contribution >= 4 is 5.97 Å². The standard InChI is InChI=1S/C30H50O4/c1-19(2)20-11-17-29(7)23(27(20,5)15-14-25(31)32)10-9-21-22(12-16-28(21,29)6)30(8)18-13-24(34-30)26(3,4)33/h20-24,33H,1,9-18H2,2-8H3,(H,31,32)/t20?,21?,22-,23?,24+,27-,28+,29+,30-/m0/s1. The van der Waals surface area contributed by atoms with E-state index in [1.165, 1.54) is 37.7 Å². The number of aliphatic hydroxyl groups is 1. The van der Waals surface area contributed by atoms with Gasteiger partial charge in [0.2, 0.25) is 0 Å². The average molecular weight is 475 g/mol. The minimum absolute atomic E-state index is 0.0109. The largest absolute Gasteiger partial charge is 0.481 e. The highest BCUT2D eigenvalue weighted by Gasteiger charge is 2.68. The predicted molar refractivity (Wildman–Crippen MR) is 136 cm³/mol. The Kier molecular flexibility index (Phi) is 6.42. The molecule has 3 unspecified atom stereocenters. The van der Waals surface area contributed by atoms with Crippen molar-refractivity contribution in [3.05, 3.63) is 12.2 Å². The summed E-state index contributed by atoms with van der Waals surface area (Å²) >= 11 is 0. The predicted octanol–water partition coefficient (Wildman–Crippen LogP) is 7.00. The molecule has 0 spiro atoms. The molecule has 1 heterocycles. The zero-order valence-electron chi connectivity index (χ0n) is 22.9. The zero-order chi connectivity index (χ0) is 25.3. The molecule has 0 radical (unpaired) electrons. The van der Waals surface area contributed by atoms with Crippen molar-refractivity contribution in [2.24, 2.45) is 39.9 Å². The number of aliphatic carboxylic acids is 1. The molecule has 4 fully saturated rings. The number of carboxylic acid groups (broad SMARTS) is 1. The van der Waals surface area contributed by atoms with Crippen molar-refractivity contribution in [1.82, 2.24) is 0 Å². The normalized spacial score (nSPS) is 48.9. The van der Waals surface area contributed by atoms with Gasteiger partial charge in [-0.25, -0.2) is 0 Å². The highest BCUT2D eigenvalue weighted by molar-refractivity contribution is 5.66. The molecule has 9 atom stereocenters. The Balaban J connectivity index is 1.64. The van der Waals surface area contributed by atoms with Gasteiger partial charge in [0.1, 0.15) is 0 Å². The van der Waals surface area contributed by atoms with Crippen LogP contribution >= 0.6 is 0 Å². The second-order valence-electron chi connectivity index (χ2n) is 14.2. The summed E-state index contributed by atoms with van der Waals surface area (Å²) in [6.07, 6.45) is 10.0. The van der Waals surface area contributed by atoms with Gasteiger partial charge >= 0.3 is 5.97 Å². The molecule has 0 aromatic carbocycles. The van der Waals surface area contributed by atoms with Gasteiger partial charge in [-0.2, -0.15) is 0 Å². The third kappa shape index (κ3) is 3.81. The van der Waals surface area contributed by atoms with Crippen LogP contribution in [0.15, 0.2) is 12.2 Å². The van der Waals surface area contributed by atoms with Gasteiger partial charge in [-0.3, -0.25) is 4.79 Å². The molecule has 194 valence electrons. The highest BCUT2D eigenvalue weighted by atomic mass is 16.5. The first-order chi connectivity index (χ1) is 15.6. The first-order valence-corrected chi connectivity index (χ1v) is 13.9. The van der Waals surface area contributed by atoms with Crippen LogP contribution in [0.1, 0.15) is 113 Å². The van der Waals surface area contributed by atoms with Gasteiger partial charge < -0.3 is 14.9 Å². The summed E-state index contributed by atoms with van der Waals surface area (Å²) < 4.78 is 6.69. The molecule has 2 N–H and O–H groups in total. The summed E-state index contributed by atoms with van der Waals surface area (Å²) in [4.78, 5) is 11.6. The van der Waals surface area contributed by atoms with E-state index >= 15 is 0 Å². The summed E-state index contributed by atoms with van der Waals surface area (Å²) in [6.45, 7) is 20.1. The molecule has 0 aromatic heterocycles. The fraction of sp³-hybridized carbons (Fsp3) is 0.900. The van der Waals surface area contributed by atoms with E-state index in [0.717, 1.165) is 25.7 Å². The van der Waals surface area contributed by atoms with Gasteiger partial charge in [-0.15, -0.1) is 0 Å². The number of carbonyl (C=O) groups is 1. The molecule has 1 aliphatic heterocycles.